The largest absolute Gasteiger partial charge is 0.371 e. The van der Waals surface area contributed by atoms with E-state index in [2.05, 4.69) is 21.3 Å². The molecule has 0 saturated heterocycles. The topological polar surface area (TPSA) is 27.6 Å². The van der Waals surface area contributed by atoms with Gasteiger partial charge in [0, 0.05) is 19.6 Å². The van der Waals surface area contributed by atoms with Crippen molar-refractivity contribution >= 4 is 53.9 Å². The number of fused-ring (bicyclic) bond motifs is 1. The van der Waals surface area contributed by atoms with Gasteiger partial charge in [-0.2, -0.15) is 0 Å². The van der Waals surface area contributed by atoms with Gasteiger partial charge >= 0.3 is 0 Å². The zero-order chi connectivity index (χ0) is 12.5. The molecule has 7 heteroatoms. The van der Waals surface area contributed by atoms with Crippen molar-refractivity contribution in [2.75, 3.05) is 26.2 Å². The van der Waals surface area contributed by atoms with Crippen molar-refractivity contribution in [2.24, 2.45) is 4.99 Å². The molecule has 1 aromatic rings. The van der Waals surface area contributed by atoms with E-state index in [1.165, 1.54) is 11.1 Å². The van der Waals surface area contributed by atoms with Crippen LogP contribution in [-0.2, 0) is 13.0 Å². The highest BCUT2D eigenvalue weighted by Gasteiger charge is 2.21. The Morgan fingerprint density at radius 3 is 2.75 bits per heavy atom. The summed E-state index contributed by atoms with van der Waals surface area (Å²) in [4.78, 5) is 6.79. The predicted octanol–water partition coefficient (Wildman–Crippen LogP) is 3.20. The summed E-state index contributed by atoms with van der Waals surface area (Å²) >= 11 is 12.4. The maximum atomic E-state index is 6.29. The molecule has 0 saturated carbocycles. The molecule has 2 aliphatic rings. The van der Waals surface area contributed by atoms with Crippen LogP contribution in [0.5, 0.6) is 0 Å². The second-order valence-corrected chi connectivity index (χ2v) is 5.50. The molecule has 1 aromatic carbocycles. The lowest BCUT2D eigenvalue weighted by molar-refractivity contribution is 0.288. The van der Waals surface area contributed by atoms with Gasteiger partial charge in [0.2, 0.25) is 0 Å². The first-order valence-electron chi connectivity index (χ1n) is 6.19. The smallest absolute Gasteiger partial charge is 0.111 e. The van der Waals surface area contributed by atoms with E-state index >= 15 is 0 Å². The molecule has 0 spiro atoms. The summed E-state index contributed by atoms with van der Waals surface area (Å²) in [5.41, 5.74) is 2.50. The number of hydrogen-bond acceptors (Lipinski definition) is 3. The van der Waals surface area contributed by atoms with Crippen LogP contribution < -0.4 is 5.32 Å². The molecule has 3 nitrogen and oxygen atoms in total. The molecule has 20 heavy (non-hydrogen) atoms. The molecule has 0 fully saturated rings. The highest BCUT2D eigenvalue weighted by Crippen LogP contribution is 2.32. The third kappa shape index (κ3) is 3.71. The van der Waals surface area contributed by atoms with Crippen molar-refractivity contribution in [3.63, 3.8) is 0 Å². The van der Waals surface area contributed by atoms with Gasteiger partial charge in [-0.05, 0) is 23.6 Å². The maximum Gasteiger partial charge on any atom is 0.111 e. The van der Waals surface area contributed by atoms with Crippen LogP contribution in [0.1, 0.15) is 11.1 Å². The van der Waals surface area contributed by atoms with E-state index in [1.54, 1.807) is 0 Å². The normalized spacial score (nSPS) is 17.4. The Morgan fingerprint density at radius 1 is 1.25 bits per heavy atom. The van der Waals surface area contributed by atoms with Gasteiger partial charge in [0.15, 0.2) is 0 Å². The summed E-state index contributed by atoms with van der Waals surface area (Å²) in [6, 6.07) is 3.98. The number of nitrogens with zero attached hydrogens (tertiary/aromatic N) is 2. The Balaban J connectivity index is 0.000001000. The van der Waals surface area contributed by atoms with Gasteiger partial charge in [0.1, 0.15) is 5.84 Å². The second kappa shape index (κ2) is 7.71. The first-order valence-corrected chi connectivity index (χ1v) is 6.95. The molecular weight excluding hydrogens is 340 g/mol. The summed E-state index contributed by atoms with van der Waals surface area (Å²) in [7, 11) is 0. The molecule has 0 aromatic heterocycles. The van der Waals surface area contributed by atoms with Crippen LogP contribution in [0.15, 0.2) is 17.1 Å². The van der Waals surface area contributed by atoms with Crippen molar-refractivity contribution in [2.45, 2.75) is 13.0 Å². The Bertz CT molecular complexity index is 505. The zero-order valence-corrected chi connectivity index (χ0v) is 14.0. The van der Waals surface area contributed by atoms with Crippen molar-refractivity contribution in [3.05, 3.63) is 33.3 Å². The van der Waals surface area contributed by atoms with Gasteiger partial charge in [0.25, 0.3) is 0 Å². The van der Waals surface area contributed by atoms with Gasteiger partial charge in [-0.25, -0.2) is 0 Å². The average Bonchev–Trinajstić information content (AvgIpc) is 2.87. The van der Waals surface area contributed by atoms with Crippen LogP contribution >= 0.6 is 48.0 Å². The number of rotatable bonds is 2. The van der Waals surface area contributed by atoms with Gasteiger partial charge in [0.05, 0.1) is 23.1 Å². The van der Waals surface area contributed by atoms with Crippen molar-refractivity contribution in [1.82, 2.24) is 10.2 Å². The minimum absolute atomic E-state index is 0. The van der Waals surface area contributed by atoms with Crippen molar-refractivity contribution in [3.8, 4) is 0 Å². The fourth-order valence-electron chi connectivity index (χ4n) is 2.52. The molecule has 0 bridgehead atoms. The summed E-state index contributed by atoms with van der Waals surface area (Å²) in [5.74, 6) is 1.09. The van der Waals surface area contributed by atoms with Crippen LogP contribution in [0.3, 0.4) is 0 Å². The second-order valence-electron chi connectivity index (χ2n) is 4.71. The fourth-order valence-corrected chi connectivity index (χ4v) is 2.94. The Morgan fingerprint density at radius 2 is 2.05 bits per heavy atom. The quantitative estimate of drug-likeness (QED) is 0.881. The number of aliphatic imine (C=N–C) groups is 1. The van der Waals surface area contributed by atoms with E-state index < -0.39 is 0 Å². The Hall–Kier alpha value is -0.190. The Kier molecular flexibility index (Phi) is 6.89. The molecular formula is C13H17Cl4N3. The highest BCUT2D eigenvalue weighted by molar-refractivity contribution is 6.42. The van der Waals surface area contributed by atoms with Gasteiger partial charge in [-0.15, -0.1) is 24.8 Å². The van der Waals surface area contributed by atoms with Crippen LogP contribution in [0.25, 0.3) is 0 Å². The van der Waals surface area contributed by atoms with Crippen molar-refractivity contribution < 1.29 is 0 Å². The molecule has 0 radical (unpaired) electrons. The number of benzene rings is 1. The molecule has 0 aliphatic carbocycles. The number of hydrogen-bond donors (Lipinski definition) is 1. The minimum Gasteiger partial charge on any atom is -0.371 e. The minimum atomic E-state index is 0. The van der Waals surface area contributed by atoms with Gasteiger partial charge in [-0.1, -0.05) is 29.3 Å². The molecule has 0 amide bonds. The first kappa shape index (κ1) is 17.9. The van der Waals surface area contributed by atoms with Crippen LogP contribution in [0.4, 0.5) is 0 Å². The summed E-state index contributed by atoms with van der Waals surface area (Å²) in [6.45, 7) is 4.64. The van der Waals surface area contributed by atoms with E-state index in [4.69, 9.17) is 23.2 Å². The first-order chi connectivity index (χ1) is 8.74. The third-order valence-electron chi connectivity index (χ3n) is 3.49. The van der Waals surface area contributed by atoms with Crippen LogP contribution in [-0.4, -0.2) is 36.9 Å². The van der Waals surface area contributed by atoms with E-state index in [0.29, 0.717) is 10.0 Å². The SMILES string of the molecule is Cl.Cl.Clc1ccc2c(c1Cl)CN(CC1=NCCN1)CC2. The van der Waals surface area contributed by atoms with E-state index in [1.807, 2.05) is 6.07 Å². The average molecular weight is 357 g/mol. The van der Waals surface area contributed by atoms with Crippen LogP contribution in [0, 0.1) is 0 Å². The molecule has 0 atom stereocenters. The summed E-state index contributed by atoms with van der Waals surface area (Å²) in [6.07, 6.45) is 1.03. The number of amidine groups is 1. The van der Waals surface area contributed by atoms with Crippen molar-refractivity contribution in [1.29, 1.82) is 0 Å². The summed E-state index contributed by atoms with van der Waals surface area (Å²) < 4.78 is 0. The fraction of sp³-hybridized carbons (Fsp3) is 0.462. The lowest BCUT2D eigenvalue weighted by Crippen LogP contribution is -2.38. The number of halogens is 4. The van der Waals surface area contributed by atoms with Crippen LogP contribution in [0.2, 0.25) is 10.0 Å². The standard InChI is InChI=1S/C13H15Cl2N3.2ClH/c14-11-2-1-9-3-6-18(7-10(9)13(11)15)8-12-16-4-5-17-12;;/h1-2H,3-8H2,(H,16,17);2*1H. The monoisotopic (exact) mass is 355 g/mol. The van der Waals surface area contributed by atoms with Gasteiger partial charge < -0.3 is 5.32 Å². The Labute approximate surface area is 141 Å². The zero-order valence-electron chi connectivity index (χ0n) is 10.9. The molecule has 2 heterocycles. The summed E-state index contributed by atoms with van der Waals surface area (Å²) in [5, 5.41) is 4.66. The molecule has 0 unspecified atom stereocenters. The maximum absolute atomic E-state index is 6.29. The van der Waals surface area contributed by atoms with E-state index in [9.17, 15) is 0 Å². The lowest BCUT2D eigenvalue weighted by atomic mass is 10.00. The number of nitrogens with one attached hydrogen (secondary N) is 1. The molecule has 112 valence electrons. The highest BCUT2D eigenvalue weighted by atomic mass is 35.5. The third-order valence-corrected chi connectivity index (χ3v) is 4.33. The van der Waals surface area contributed by atoms with E-state index in [0.717, 1.165) is 45.0 Å². The van der Waals surface area contributed by atoms with E-state index in [-0.39, 0.29) is 24.8 Å². The van der Waals surface area contributed by atoms with Gasteiger partial charge in [-0.3, -0.25) is 9.89 Å². The molecule has 2 aliphatic heterocycles. The predicted molar refractivity (Wildman–Crippen MR) is 90.2 cm³/mol. The molecule has 3 rings (SSSR count). The lowest BCUT2D eigenvalue weighted by Gasteiger charge is -2.29. The molecule has 1 N–H and O–H groups in total.